The summed E-state index contributed by atoms with van der Waals surface area (Å²) >= 11 is 7.96. The minimum absolute atomic E-state index is 0.161. The maximum atomic E-state index is 10.9. The summed E-state index contributed by atoms with van der Waals surface area (Å²) in [6, 6.07) is 0. The van der Waals surface area contributed by atoms with Crippen LogP contribution in [0, 0.1) is 5.92 Å². The molecule has 0 aliphatic heterocycles. The molecule has 0 saturated heterocycles. The Morgan fingerprint density at radius 3 is 2.30 bits per heavy atom. The van der Waals surface area contributed by atoms with Crippen LogP contribution in [-0.4, -0.2) is 24.1 Å². The van der Waals surface area contributed by atoms with Crippen molar-refractivity contribution < 1.29 is 9.53 Å². The Labute approximate surface area is 72.1 Å². The molecule has 0 fully saturated rings. The van der Waals surface area contributed by atoms with Crippen molar-refractivity contribution in [2.45, 2.75) is 6.92 Å². The first-order valence-electron chi connectivity index (χ1n) is 3.14. The summed E-state index contributed by atoms with van der Waals surface area (Å²) in [5, 5.41) is 0. The Hall–Kier alpha value is 0.170. The van der Waals surface area contributed by atoms with Gasteiger partial charge in [-0.1, -0.05) is 0 Å². The van der Waals surface area contributed by atoms with Gasteiger partial charge < -0.3 is 4.74 Å². The van der Waals surface area contributed by atoms with Crippen molar-refractivity contribution in [2.75, 3.05) is 18.1 Å². The third-order valence-corrected chi connectivity index (χ3v) is 1.94. The summed E-state index contributed by atoms with van der Waals surface area (Å²) in [6.07, 6.45) is 0. The van der Waals surface area contributed by atoms with E-state index in [1.54, 1.807) is 6.92 Å². The number of thiol groups is 2. The van der Waals surface area contributed by atoms with Gasteiger partial charge in [0.1, 0.15) is 0 Å². The molecular formula is C6H12O2S2. The maximum Gasteiger partial charge on any atom is 0.310 e. The molecule has 0 N–H and O–H groups in total. The van der Waals surface area contributed by atoms with E-state index in [4.69, 9.17) is 4.74 Å². The SMILES string of the molecule is CCOC(=O)C(CS)CS. The van der Waals surface area contributed by atoms with Crippen LogP contribution in [0.5, 0.6) is 0 Å². The second kappa shape index (κ2) is 5.92. The van der Waals surface area contributed by atoms with Crippen molar-refractivity contribution >= 4 is 31.2 Å². The number of hydrogen-bond acceptors (Lipinski definition) is 4. The van der Waals surface area contributed by atoms with E-state index in [0.717, 1.165) is 0 Å². The standard InChI is InChI=1S/C6H12O2S2/c1-2-8-6(7)5(3-9)4-10/h5,9-10H,2-4H2,1H3. The van der Waals surface area contributed by atoms with E-state index in [1.165, 1.54) is 0 Å². The van der Waals surface area contributed by atoms with Gasteiger partial charge in [0.25, 0.3) is 0 Å². The number of esters is 1. The van der Waals surface area contributed by atoms with Gasteiger partial charge in [0.15, 0.2) is 0 Å². The molecule has 0 aromatic rings. The first-order chi connectivity index (χ1) is 4.76. The third kappa shape index (κ3) is 3.37. The quantitative estimate of drug-likeness (QED) is 0.499. The number of ether oxygens (including phenoxy) is 1. The first-order valence-corrected chi connectivity index (χ1v) is 4.41. The fourth-order valence-corrected chi connectivity index (χ4v) is 1.23. The number of rotatable bonds is 4. The van der Waals surface area contributed by atoms with Crippen molar-refractivity contribution in [2.24, 2.45) is 5.92 Å². The van der Waals surface area contributed by atoms with Gasteiger partial charge in [0, 0.05) is 11.5 Å². The minimum atomic E-state index is -0.201. The highest BCUT2D eigenvalue weighted by Crippen LogP contribution is 2.04. The summed E-state index contributed by atoms with van der Waals surface area (Å²) in [5.41, 5.74) is 0. The molecule has 4 heteroatoms. The maximum absolute atomic E-state index is 10.9. The van der Waals surface area contributed by atoms with Crippen LogP contribution in [0.3, 0.4) is 0 Å². The van der Waals surface area contributed by atoms with Crippen LogP contribution >= 0.6 is 25.3 Å². The van der Waals surface area contributed by atoms with Crippen LogP contribution in [-0.2, 0) is 9.53 Å². The molecule has 0 amide bonds. The number of carbonyl (C=O) groups is 1. The Balaban J connectivity index is 3.65. The molecule has 0 rings (SSSR count). The van der Waals surface area contributed by atoms with Crippen LogP contribution in [0.1, 0.15) is 6.92 Å². The molecule has 0 aliphatic carbocycles. The summed E-state index contributed by atoms with van der Waals surface area (Å²) < 4.78 is 4.75. The Bertz CT molecular complexity index is 102. The predicted octanol–water partition coefficient (Wildman–Crippen LogP) is 1.03. The van der Waals surface area contributed by atoms with E-state index in [9.17, 15) is 4.79 Å². The molecule has 0 radical (unpaired) electrons. The van der Waals surface area contributed by atoms with Gasteiger partial charge in [-0.3, -0.25) is 4.79 Å². The van der Waals surface area contributed by atoms with Crippen molar-refractivity contribution in [3.63, 3.8) is 0 Å². The van der Waals surface area contributed by atoms with Crippen LogP contribution < -0.4 is 0 Å². The predicted molar refractivity (Wildman–Crippen MR) is 47.8 cm³/mol. The number of hydrogen-bond donors (Lipinski definition) is 2. The molecule has 60 valence electrons. The van der Waals surface area contributed by atoms with Crippen LogP contribution in [0.15, 0.2) is 0 Å². The molecule has 0 aromatic heterocycles. The molecular weight excluding hydrogens is 168 g/mol. The van der Waals surface area contributed by atoms with Gasteiger partial charge >= 0.3 is 5.97 Å². The monoisotopic (exact) mass is 180 g/mol. The van der Waals surface area contributed by atoms with Gasteiger partial charge in [-0.25, -0.2) is 0 Å². The number of carbonyl (C=O) groups excluding carboxylic acids is 1. The Morgan fingerprint density at radius 2 is 2.00 bits per heavy atom. The molecule has 0 atom stereocenters. The van der Waals surface area contributed by atoms with Gasteiger partial charge in [-0.15, -0.1) is 0 Å². The molecule has 10 heavy (non-hydrogen) atoms. The molecule has 0 aliphatic rings. The zero-order valence-corrected chi connectivity index (χ0v) is 7.70. The average Bonchev–Trinajstić information content (AvgIpc) is 1.91. The van der Waals surface area contributed by atoms with Crippen LogP contribution in [0.2, 0.25) is 0 Å². The molecule has 0 heterocycles. The van der Waals surface area contributed by atoms with Gasteiger partial charge in [0.05, 0.1) is 12.5 Å². The topological polar surface area (TPSA) is 26.3 Å². The van der Waals surface area contributed by atoms with E-state index < -0.39 is 0 Å². The minimum Gasteiger partial charge on any atom is -0.466 e. The average molecular weight is 180 g/mol. The fourth-order valence-electron chi connectivity index (χ4n) is 0.467. The highest BCUT2D eigenvalue weighted by atomic mass is 32.1. The summed E-state index contributed by atoms with van der Waals surface area (Å²) in [4.78, 5) is 10.9. The van der Waals surface area contributed by atoms with Crippen molar-refractivity contribution in [3.05, 3.63) is 0 Å². The lowest BCUT2D eigenvalue weighted by molar-refractivity contribution is -0.146. The zero-order valence-electron chi connectivity index (χ0n) is 5.91. The molecule has 0 aromatic carbocycles. The molecule has 0 saturated carbocycles. The molecule has 2 nitrogen and oxygen atoms in total. The van der Waals surface area contributed by atoms with Crippen LogP contribution in [0.25, 0.3) is 0 Å². The summed E-state index contributed by atoms with van der Waals surface area (Å²) in [5.74, 6) is 0.643. The summed E-state index contributed by atoms with van der Waals surface area (Å²) in [6.45, 7) is 2.21. The lowest BCUT2D eigenvalue weighted by atomic mass is 10.2. The molecule has 0 spiro atoms. The van der Waals surface area contributed by atoms with E-state index >= 15 is 0 Å². The zero-order chi connectivity index (χ0) is 7.98. The first kappa shape index (κ1) is 10.2. The fraction of sp³-hybridized carbons (Fsp3) is 0.833. The second-order valence-electron chi connectivity index (χ2n) is 1.81. The normalized spacial score (nSPS) is 10.0. The second-order valence-corrected chi connectivity index (χ2v) is 2.54. The lowest BCUT2D eigenvalue weighted by Crippen LogP contribution is -2.20. The highest BCUT2D eigenvalue weighted by Gasteiger charge is 2.15. The van der Waals surface area contributed by atoms with Crippen molar-refractivity contribution in [1.82, 2.24) is 0 Å². The van der Waals surface area contributed by atoms with Gasteiger partial charge in [-0.2, -0.15) is 25.3 Å². The summed E-state index contributed by atoms with van der Waals surface area (Å²) in [7, 11) is 0. The Morgan fingerprint density at radius 1 is 1.50 bits per heavy atom. The molecule has 0 bridgehead atoms. The molecule has 0 unspecified atom stereocenters. The lowest BCUT2D eigenvalue weighted by Gasteiger charge is -2.08. The van der Waals surface area contributed by atoms with E-state index in [-0.39, 0.29) is 11.9 Å². The van der Waals surface area contributed by atoms with Crippen LogP contribution in [0.4, 0.5) is 0 Å². The van der Waals surface area contributed by atoms with Crippen molar-refractivity contribution in [3.8, 4) is 0 Å². The van der Waals surface area contributed by atoms with E-state index in [1.807, 2.05) is 0 Å². The largest absolute Gasteiger partial charge is 0.466 e. The van der Waals surface area contributed by atoms with E-state index in [2.05, 4.69) is 25.3 Å². The highest BCUT2D eigenvalue weighted by molar-refractivity contribution is 7.81. The smallest absolute Gasteiger partial charge is 0.310 e. The third-order valence-electron chi connectivity index (χ3n) is 1.06. The van der Waals surface area contributed by atoms with E-state index in [0.29, 0.717) is 18.1 Å². The van der Waals surface area contributed by atoms with Gasteiger partial charge in [-0.05, 0) is 6.92 Å². The van der Waals surface area contributed by atoms with Crippen molar-refractivity contribution in [1.29, 1.82) is 0 Å². The van der Waals surface area contributed by atoms with Gasteiger partial charge in [0.2, 0.25) is 0 Å². The Kier molecular flexibility index (Phi) is 6.02.